The summed E-state index contributed by atoms with van der Waals surface area (Å²) in [5, 5.41) is 3.28. The highest BCUT2D eigenvalue weighted by Gasteiger charge is 2.16. The Bertz CT molecular complexity index is 384. The monoisotopic (exact) mass is 317 g/mol. The first kappa shape index (κ1) is 15.4. The molecule has 0 heterocycles. The molecule has 0 saturated carbocycles. The van der Waals surface area contributed by atoms with E-state index in [9.17, 15) is 4.39 Å². The van der Waals surface area contributed by atoms with Crippen LogP contribution in [0.3, 0.4) is 0 Å². The minimum atomic E-state index is -0.293. The molecule has 0 radical (unpaired) electrons. The summed E-state index contributed by atoms with van der Waals surface area (Å²) in [6, 6.07) is 3.44. The summed E-state index contributed by atoms with van der Waals surface area (Å²) in [7, 11) is 3.50. The predicted molar refractivity (Wildman–Crippen MR) is 76.6 cm³/mol. The predicted octanol–water partition coefficient (Wildman–Crippen LogP) is 4.44. The molecule has 0 spiro atoms. The van der Waals surface area contributed by atoms with E-state index in [1.54, 1.807) is 13.2 Å². The lowest BCUT2D eigenvalue weighted by atomic mass is 9.99. The molecule has 4 heteroatoms. The van der Waals surface area contributed by atoms with Gasteiger partial charge in [0.25, 0.3) is 0 Å². The molecule has 0 aliphatic carbocycles. The van der Waals surface area contributed by atoms with Gasteiger partial charge in [0, 0.05) is 17.7 Å². The van der Waals surface area contributed by atoms with Crippen LogP contribution in [0.1, 0.15) is 44.2 Å². The van der Waals surface area contributed by atoms with Crippen molar-refractivity contribution in [2.45, 2.75) is 38.6 Å². The first-order valence-corrected chi connectivity index (χ1v) is 7.13. The number of unbranched alkanes of at least 4 members (excludes halogenated alkanes) is 2. The molecule has 18 heavy (non-hydrogen) atoms. The van der Waals surface area contributed by atoms with Gasteiger partial charge in [-0.1, -0.05) is 26.2 Å². The van der Waals surface area contributed by atoms with Crippen LogP contribution < -0.4 is 10.1 Å². The summed E-state index contributed by atoms with van der Waals surface area (Å²) < 4.78 is 19.2. The molecule has 0 fully saturated rings. The Labute approximate surface area is 117 Å². The number of hydrogen-bond acceptors (Lipinski definition) is 2. The molecule has 0 aromatic heterocycles. The van der Waals surface area contributed by atoms with Gasteiger partial charge in [0.05, 0.1) is 11.6 Å². The van der Waals surface area contributed by atoms with Gasteiger partial charge in [-0.25, -0.2) is 4.39 Å². The standard InChI is InChI=1S/C14H21BrFNO/c1-4-5-6-7-13(17-2)10-8-11(15)12(16)9-14(10)18-3/h8-9,13,17H,4-7H2,1-3H3. The average molecular weight is 318 g/mol. The van der Waals surface area contributed by atoms with Gasteiger partial charge in [-0.2, -0.15) is 0 Å². The van der Waals surface area contributed by atoms with Crippen molar-refractivity contribution in [2.75, 3.05) is 14.2 Å². The maximum absolute atomic E-state index is 13.5. The minimum absolute atomic E-state index is 0.198. The third kappa shape index (κ3) is 3.95. The van der Waals surface area contributed by atoms with Gasteiger partial charge in [0.15, 0.2) is 0 Å². The molecule has 102 valence electrons. The smallest absolute Gasteiger partial charge is 0.141 e. The molecule has 1 aromatic carbocycles. The Morgan fingerprint density at radius 2 is 2.11 bits per heavy atom. The molecule has 1 unspecified atom stereocenters. The number of benzene rings is 1. The van der Waals surface area contributed by atoms with E-state index >= 15 is 0 Å². The third-order valence-electron chi connectivity index (χ3n) is 3.09. The zero-order chi connectivity index (χ0) is 13.5. The number of hydrogen-bond donors (Lipinski definition) is 1. The van der Waals surface area contributed by atoms with Crippen LogP contribution >= 0.6 is 15.9 Å². The molecule has 1 N–H and O–H groups in total. The number of ether oxygens (including phenoxy) is 1. The lowest BCUT2D eigenvalue weighted by Crippen LogP contribution is -2.17. The molecule has 1 aromatic rings. The van der Waals surface area contributed by atoms with Gasteiger partial charge in [-0.3, -0.25) is 0 Å². The van der Waals surface area contributed by atoms with Crippen molar-refractivity contribution >= 4 is 15.9 Å². The van der Waals surface area contributed by atoms with Crippen molar-refractivity contribution in [1.29, 1.82) is 0 Å². The molecule has 0 amide bonds. The van der Waals surface area contributed by atoms with Crippen molar-refractivity contribution in [3.63, 3.8) is 0 Å². The van der Waals surface area contributed by atoms with Crippen molar-refractivity contribution in [3.05, 3.63) is 28.0 Å². The number of halogens is 2. The quantitative estimate of drug-likeness (QED) is 0.751. The largest absolute Gasteiger partial charge is 0.496 e. The molecular weight excluding hydrogens is 297 g/mol. The summed E-state index contributed by atoms with van der Waals surface area (Å²) in [6.45, 7) is 2.18. The zero-order valence-electron chi connectivity index (χ0n) is 11.2. The van der Waals surface area contributed by atoms with E-state index in [0.29, 0.717) is 10.2 Å². The number of rotatable bonds is 7. The van der Waals surface area contributed by atoms with Crippen molar-refractivity contribution in [1.82, 2.24) is 5.32 Å². The van der Waals surface area contributed by atoms with Crippen LogP contribution in [-0.4, -0.2) is 14.2 Å². The van der Waals surface area contributed by atoms with Crippen LogP contribution in [-0.2, 0) is 0 Å². The van der Waals surface area contributed by atoms with Crippen molar-refractivity contribution in [3.8, 4) is 5.75 Å². The van der Waals surface area contributed by atoms with Gasteiger partial charge in [0.1, 0.15) is 11.6 Å². The SMILES string of the molecule is CCCCCC(NC)c1cc(Br)c(F)cc1OC. The molecule has 0 aliphatic heterocycles. The second-order valence-corrected chi connectivity index (χ2v) is 5.20. The van der Waals surface area contributed by atoms with Gasteiger partial charge >= 0.3 is 0 Å². The Balaban J connectivity index is 2.93. The van der Waals surface area contributed by atoms with Crippen LogP contribution in [0.5, 0.6) is 5.75 Å². The van der Waals surface area contributed by atoms with E-state index < -0.39 is 0 Å². The molecule has 1 atom stereocenters. The molecular formula is C14H21BrFNO. The Kier molecular flexibility index (Phi) is 6.65. The highest BCUT2D eigenvalue weighted by Crippen LogP contribution is 2.32. The topological polar surface area (TPSA) is 21.3 Å². The average Bonchev–Trinajstić information content (AvgIpc) is 2.38. The Morgan fingerprint density at radius 3 is 2.67 bits per heavy atom. The van der Waals surface area contributed by atoms with E-state index in [2.05, 4.69) is 28.2 Å². The summed E-state index contributed by atoms with van der Waals surface area (Å²) in [6.07, 6.45) is 4.59. The van der Waals surface area contributed by atoms with E-state index in [0.717, 1.165) is 18.4 Å². The van der Waals surface area contributed by atoms with Gasteiger partial charge in [-0.05, 0) is 35.5 Å². The number of methoxy groups -OCH3 is 1. The lowest BCUT2D eigenvalue weighted by Gasteiger charge is -2.20. The lowest BCUT2D eigenvalue weighted by molar-refractivity contribution is 0.393. The van der Waals surface area contributed by atoms with Gasteiger partial charge < -0.3 is 10.1 Å². The fourth-order valence-electron chi connectivity index (χ4n) is 2.05. The van der Waals surface area contributed by atoms with E-state index in [4.69, 9.17) is 4.74 Å². The van der Waals surface area contributed by atoms with E-state index in [-0.39, 0.29) is 11.9 Å². The molecule has 0 saturated heterocycles. The van der Waals surface area contributed by atoms with Crippen LogP contribution in [0.4, 0.5) is 4.39 Å². The maximum atomic E-state index is 13.5. The Morgan fingerprint density at radius 1 is 1.39 bits per heavy atom. The molecule has 2 nitrogen and oxygen atoms in total. The van der Waals surface area contributed by atoms with Crippen LogP contribution in [0.15, 0.2) is 16.6 Å². The highest BCUT2D eigenvalue weighted by atomic mass is 79.9. The van der Waals surface area contributed by atoms with E-state index in [1.807, 2.05) is 7.05 Å². The number of nitrogens with one attached hydrogen (secondary N) is 1. The third-order valence-corrected chi connectivity index (χ3v) is 3.70. The molecule has 0 aliphatic rings. The fraction of sp³-hybridized carbons (Fsp3) is 0.571. The first-order valence-electron chi connectivity index (χ1n) is 6.34. The summed E-state index contributed by atoms with van der Waals surface area (Å²) >= 11 is 3.23. The molecule has 0 bridgehead atoms. The van der Waals surface area contributed by atoms with Crippen LogP contribution in [0.25, 0.3) is 0 Å². The summed E-state index contributed by atoms with van der Waals surface area (Å²) in [5.74, 6) is 0.311. The zero-order valence-corrected chi connectivity index (χ0v) is 12.8. The minimum Gasteiger partial charge on any atom is -0.496 e. The normalized spacial score (nSPS) is 12.5. The first-order chi connectivity index (χ1) is 8.63. The van der Waals surface area contributed by atoms with Crippen molar-refractivity contribution in [2.24, 2.45) is 0 Å². The van der Waals surface area contributed by atoms with Crippen molar-refractivity contribution < 1.29 is 9.13 Å². The van der Waals surface area contributed by atoms with E-state index in [1.165, 1.54) is 18.9 Å². The summed E-state index contributed by atoms with van der Waals surface area (Å²) in [5.41, 5.74) is 1.00. The second kappa shape index (κ2) is 7.74. The highest BCUT2D eigenvalue weighted by molar-refractivity contribution is 9.10. The van der Waals surface area contributed by atoms with Gasteiger partial charge in [-0.15, -0.1) is 0 Å². The fourth-order valence-corrected chi connectivity index (χ4v) is 2.41. The Hall–Kier alpha value is -0.610. The molecule has 1 rings (SSSR count). The van der Waals surface area contributed by atoms with Crippen LogP contribution in [0, 0.1) is 5.82 Å². The second-order valence-electron chi connectivity index (χ2n) is 4.35. The van der Waals surface area contributed by atoms with Gasteiger partial charge in [0.2, 0.25) is 0 Å². The maximum Gasteiger partial charge on any atom is 0.141 e. The van der Waals surface area contributed by atoms with Crippen LogP contribution in [0.2, 0.25) is 0 Å². The summed E-state index contributed by atoms with van der Waals surface area (Å²) in [4.78, 5) is 0.